The first-order valence-corrected chi connectivity index (χ1v) is 7.62. The predicted molar refractivity (Wildman–Crippen MR) is 89.2 cm³/mol. The van der Waals surface area contributed by atoms with E-state index in [4.69, 9.17) is 0 Å². The van der Waals surface area contributed by atoms with Crippen LogP contribution in [0.3, 0.4) is 0 Å². The minimum Gasteiger partial charge on any atom is -0.394 e. The van der Waals surface area contributed by atoms with E-state index >= 15 is 0 Å². The van der Waals surface area contributed by atoms with Gasteiger partial charge in [-0.3, -0.25) is 9.59 Å². The summed E-state index contributed by atoms with van der Waals surface area (Å²) in [5, 5.41) is 23.1. The molecule has 122 valence electrons. The molecule has 0 amide bonds. The highest BCUT2D eigenvalue weighted by Crippen LogP contribution is 2.25. The number of hydrogen-bond acceptors (Lipinski definition) is 5. The summed E-state index contributed by atoms with van der Waals surface area (Å²) < 4.78 is 0. The van der Waals surface area contributed by atoms with E-state index in [9.17, 15) is 19.8 Å². The van der Waals surface area contributed by atoms with Gasteiger partial charge in [-0.2, -0.15) is 0 Å². The van der Waals surface area contributed by atoms with E-state index in [0.717, 1.165) is 0 Å². The Balaban J connectivity index is 1.90. The number of carbonyl (C=O) groups excluding carboxylic acids is 2. The smallest absolute Gasteiger partial charge is 0.233 e. The molecule has 1 aliphatic rings. The molecule has 2 aromatic carbocycles. The van der Waals surface area contributed by atoms with Crippen LogP contribution < -0.4 is 5.32 Å². The molecule has 5 nitrogen and oxygen atoms in total. The molecular weight excluding hydrogens is 306 g/mol. The normalized spacial score (nSPS) is 16.2. The number of hydrogen-bond donors (Lipinski definition) is 3. The van der Waals surface area contributed by atoms with Gasteiger partial charge in [0.1, 0.15) is 6.10 Å². The van der Waals surface area contributed by atoms with Gasteiger partial charge in [-0.1, -0.05) is 54.6 Å². The van der Waals surface area contributed by atoms with Crippen LogP contribution in [0.1, 0.15) is 27.6 Å². The Labute approximate surface area is 139 Å². The second-order valence-corrected chi connectivity index (χ2v) is 5.59. The first-order chi connectivity index (χ1) is 11.6. The zero-order valence-corrected chi connectivity index (χ0v) is 12.8. The summed E-state index contributed by atoms with van der Waals surface area (Å²) >= 11 is 0. The molecule has 0 aromatic heterocycles. The quantitative estimate of drug-likeness (QED) is 0.726. The lowest BCUT2D eigenvalue weighted by Crippen LogP contribution is -2.38. The van der Waals surface area contributed by atoms with Crippen LogP contribution >= 0.6 is 0 Å². The molecule has 0 bridgehead atoms. The number of fused-ring (bicyclic) bond motifs is 1. The molecule has 0 saturated heterocycles. The highest BCUT2D eigenvalue weighted by atomic mass is 16.3. The number of ketones is 2. The summed E-state index contributed by atoms with van der Waals surface area (Å²) in [5.74, 6) is -1.18. The maximum absolute atomic E-state index is 12.0. The number of benzene rings is 2. The minimum absolute atomic E-state index is 0.318. The molecule has 0 unspecified atom stereocenters. The summed E-state index contributed by atoms with van der Waals surface area (Å²) in [6.07, 6.45) is 0.252. The maximum Gasteiger partial charge on any atom is 0.233 e. The number of carbonyl (C=O) groups is 2. The van der Waals surface area contributed by atoms with Crippen LogP contribution in [0.2, 0.25) is 0 Å². The van der Waals surface area contributed by atoms with Crippen LogP contribution in [0.15, 0.2) is 60.7 Å². The van der Waals surface area contributed by atoms with Gasteiger partial charge in [0.25, 0.3) is 0 Å². The summed E-state index contributed by atoms with van der Waals surface area (Å²) in [6.45, 7) is -0.336. The number of nitrogens with one attached hydrogen (secondary N) is 1. The van der Waals surface area contributed by atoms with E-state index in [2.05, 4.69) is 5.32 Å². The van der Waals surface area contributed by atoms with Gasteiger partial charge in [0.15, 0.2) is 0 Å². The van der Waals surface area contributed by atoms with Gasteiger partial charge in [-0.25, -0.2) is 0 Å². The van der Waals surface area contributed by atoms with E-state index < -0.39 is 23.7 Å². The Kier molecular flexibility index (Phi) is 4.55. The van der Waals surface area contributed by atoms with Crippen molar-refractivity contribution in [1.82, 2.24) is 5.32 Å². The number of allylic oxidation sites excluding steroid dienone is 1. The molecule has 0 spiro atoms. The Morgan fingerprint density at radius 3 is 2.21 bits per heavy atom. The Bertz CT molecular complexity index is 798. The van der Waals surface area contributed by atoms with Crippen LogP contribution in [0.25, 0.3) is 5.70 Å². The topological polar surface area (TPSA) is 86.6 Å². The van der Waals surface area contributed by atoms with Crippen molar-refractivity contribution in [2.24, 2.45) is 0 Å². The van der Waals surface area contributed by atoms with Gasteiger partial charge in [-0.15, -0.1) is 0 Å². The van der Waals surface area contributed by atoms with Gasteiger partial charge < -0.3 is 15.5 Å². The van der Waals surface area contributed by atoms with E-state index in [1.165, 1.54) is 6.08 Å². The summed E-state index contributed by atoms with van der Waals surface area (Å²) in [4.78, 5) is 23.8. The molecule has 5 heteroatoms. The molecule has 24 heavy (non-hydrogen) atoms. The summed E-state index contributed by atoms with van der Waals surface area (Å²) in [6, 6.07) is 15.0. The van der Waals surface area contributed by atoms with Gasteiger partial charge in [0.05, 0.1) is 12.6 Å². The number of Topliss-reactive ketones (excluding diaryl/α,β-unsaturated/α-hetero) is 1. The van der Waals surface area contributed by atoms with Crippen molar-refractivity contribution in [2.75, 3.05) is 6.61 Å². The van der Waals surface area contributed by atoms with E-state index in [-0.39, 0.29) is 6.61 Å². The lowest BCUT2D eigenvalue weighted by molar-refractivity contribution is -0.111. The molecule has 0 aliphatic heterocycles. The van der Waals surface area contributed by atoms with Crippen molar-refractivity contribution in [1.29, 1.82) is 0 Å². The molecule has 3 N–H and O–H groups in total. The Morgan fingerprint density at radius 2 is 1.54 bits per heavy atom. The fourth-order valence-electron chi connectivity index (χ4n) is 2.75. The number of aliphatic hydroxyl groups is 2. The zero-order valence-electron chi connectivity index (χ0n) is 12.8. The molecule has 2 atom stereocenters. The van der Waals surface area contributed by atoms with Crippen LogP contribution in [-0.4, -0.2) is 34.4 Å². The Morgan fingerprint density at radius 1 is 0.917 bits per heavy atom. The second-order valence-electron chi connectivity index (χ2n) is 5.59. The third-order valence-corrected chi connectivity index (χ3v) is 4.02. The number of aliphatic hydroxyl groups excluding tert-OH is 2. The van der Waals surface area contributed by atoms with Crippen molar-refractivity contribution >= 4 is 17.3 Å². The molecule has 0 heterocycles. The molecule has 2 aromatic rings. The van der Waals surface area contributed by atoms with Gasteiger partial charge in [0, 0.05) is 22.9 Å². The van der Waals surface area contributed by atoms with E-state index in [1.807, 2.05) is 6.07 Å². The Hall–Kier alpha value is -2.76. The van der Waals surface area contributed by atoms with E-state index in [1.54, 1.807) is 48.5 Å². The highest BCUT2D eigenvalue weighted by molar-refractivity contribution is 6.50. The second kappa shape index (κ2) is 6.78. The molecular formula is C19H17NO4. The largest absolute Gasteiger partial charge is 0.394 e. The fraction of sp³-hybridized carbons (Fsp3) is 0.158. The molecule has 3 rings (SSSR count). The van der Waals surface area contributed by atoms with Crippen LogP contribution in [0.4, 0.5) is 0 Å². The van der Waals surface area contributed by atoms with Crippen molar-refractivity contribution in [3.63, 3.8) is 0 Å². The molecule has 1 aliphatic carbocycles. The van der Waals surface area contributed by atoms with Crippen LogP contribution in [-0.2, 0) is 4.79 Å². The number of rotatable bonds is 5. The van der Waals surface area contributed by atoms with Crippen molar-refractivity contribution in [3.8, 4) is 0 Å². The monoisotopic (exact) mass is 323 g/mol. The van der Waals surface area contributed by atoms with Crippen molar-refractivity contribution < 1.29 is 19.8 Å². The van der Waals surface area contributed by atoms with Crippen LogP contribution in [0.5, 0.6) is 0 Å². The van der Waals surface area contributed by atoms with Crippen LogP contribution in [0, 0.1) is 0 Å². The molecule has 0 radical (unpaired) electrons. The SMILES string of the molecule is O=C1C=C(N[C@H](CO)[C@H](O)c2ccccc2)c2ccccc2C1=O. The van der Waals surface area contributed by atoms with Crippen molar-refractivity contribution in [2.45, 2.75) is 12.1 Å². The average molecular weight is 323 g/mol. The first-order valence-electron chi connectivity index (χ1n) is 7.62. The lowest BCUT2D eigenvalue weighted by Gasteiger charge is -2.27. The average Bonchev–Trinajstić information content (AvgIpc) is 2.63. The highest BCUT2D eigenvalue weighted by Gasteiger charge is 2.28. The van der Waals surface area contributed by atoms with Gasteiger partial charge in [0.2, 0.25) is 11.6 Å². The van der Waals surface area contributed by atoms with Gasteiger partial charge in [-0.05, 0) is 5.56 Å². The summed E-state index contributed by atoms with van der Waals surface area (Å²) in [5.41, 5.74) is 1.97. The molecule has 0 saturated carbocycles. The molecule has 0 fully saturated rings. The maximum atomic E-state index is 12.0. The fourth-order valence-corrected chi connectivity index (χ4v) is 2.75. The third-order valence-electron chi connectivity index (χ3n) is 4.02. The standard InChI is InChI=1S/C19H17NO4/c21-11-16(18(23)12-6-2-1-3-7-12)20-15-10-17(22)19(24)14-9-5-4-8-13(14)15/h1-10,16,18,20-21,23H,11H2/t16-,18-/m1/s1. The van der Waals surface area contributed by atoms with Gasteiger partial charge >= 0.3 is 0 Å². The summed E-state index contributed by atoms with van der Waals surface area (Å²) in [7, 11) is 0. The van der Waals surface area contributed by atoms with Crippen molar-refractivity contribution in [3.05, 3.63) is 77.4 Å². The van der Waals surface area contributed by atoms with E-state index in [0.29, 0.717) is 22.4 Å². The first kappa shape index (κ1) is 16.1. The predicted octanol–water partition coefficient (Wildman–Crippen LogP) is 1.48. The zero-order chi connectivity index (χ0) is 17.1. The minimum atomic E-state index is -0.961. The third kappa shape index (κ3) is 2.99. The lowest BCUT2D eigenvalue weighted by atomic mass is 9.92.